The lowest BCUT2D eigenvalue weighted by Gasteiger charge is -2.11. The maximum Gasteiger partial charge on any atom is 0.197 e. The van der Waals surface area contributed by atoms with Gasteiger partial charge in [-0.25, -0.2) is 17.6 Å². The number of halogens is 4. The SMILES string of the molecule is NC1(c2cc(F)c(F)c(F)c2F)CC1. The summed E-state index contributed by atoms with van der Waals surface area (Å²) in [4.78, 5) is 0. The lowest BCUT2D eigenvalue weighted by molar-refractivity contribution is 0.398. The average molecular weight is 205 g/mol. The molecular weight excluding hydrogens is 198 g/mol. The fourth-order valence-corrected chi connectivity index (χ4v) is 1.34. The summed E-state index contributed by atoms with van der Waals surface area (Å²) in [5.41, 5.74) is 4.26. The smallest absolute Gasteiger partial charge is 0.197 e. The zero-order valence-electron chi connectivity index (χ0n) is 7.08. The number of hydrogen-bond acceptors (Lipinski definition) is 1. The molecule has 1 aliphatic carbocycles. The monoisotopic (exact) mass is 205 g/mol. The molecule has 0 radical (unpaired) electrons. The van der Waals surface area contributed by atoms with Gasteiger partial charge in [0.1, 0.15) is 0 Å². The first-order valence-electron chi connectivity index (χ1n) is 4.08. The topological polar surface area (TPSA) is 26.0 Å². The van der Waals surface area contributed by atoms with Crippen LogP contribution < -0.4 is 5.73 Å². The van der Waals surface area contributed by atoms with Gasteiger partial charge in [-0.05, 0) is 18.9 Å². The molecule has 1 fully saturated rings. The van der Waals surface area contributed by atoms with E-state index in [-0.39, 0.29) is 5.56 Å². The molecule has 1 aromatic carbocycles. The van der Waals surface area contributed by atoms with E-state index in [4.69, 9.17) is 5.73 Å². The van der Waals surface area contributed by atoms with E-state index in [1.54, 1.807) is 0 Å². The van der Waals surface area contributed by atoms with Crippen LogP contribution in [0.3, 0.4) is 0 Å². The molecule has 5 heteroatoms. The van der Waals surface area contributed by atoms with E-state index in [2.05, 4.69) is 0 Å². The van der Waals surface area contributed by atoms with E-state index in [0.29, 0.717) is 18.9 Å². The summed E-state index contributed by atoms with van der Waals surface area (Å²) in [5, 5.41) is 0. The van der Waals surface area contributed by atoms with E-state index in [9.17, 15) is 17.6 Å². The Hall–Kier alpha value is -1.10. The van der Waals surface area contributed by atoms with Gasteiger partial charge in [-0.15, -0.1) is 0 Å². The number of nitrogens with two attached hydrogens (primary N) is 1. The van der Waals surface area contributed by atoms with Crippen LogP contribution in [-0.4, -0.2) is 0 Å². The quantitative estimate of drug-likeness (QED) is 0.424. The third-order valence-electron chi connectivity index (χ3n) is 2.43. The van der Waals surface area contributed by atoms with Crippen molar-refractivity contribution in [3.63, 3.8) is 0 Å². The Morgan fingerprint density at radius 3 is 2.07 bits per heavy atom. The van der Waals surface area contributed by atoms with Crippen molar-refractivity contribution < 1.29 is 17.6 Å². The van der Waals surface area contributed by atoms with Crippen LogP contribution in [0.5, 0.6) is 0 Å². The molecule has 1 aromatic rings. The minimum atomic E-state index is -1.80. The molecule has 1 aliphatic rings. The third kappa shape index (κ3) is 1.19. The standard InChI is InChI=1S/C9H7F4N/c10-5-3-4(9(14)1-2-9)6(11)8(13)7(5)12/h3H,1-2,14H2. The van der Waals surface area contributed by atoms with E-state index in [1.165, 1.54) is 0 Å². The van der Waals surface area contributed by atoms with E-state index >= 15 is 0 Å². The molecule has 0 amide bonds. The molecule has 2 rings (SSSR count). The summed E-state index contributed by atoms with van der Waals surface area (Å²) in [7, 11) is 0. The van der Waals surface area contributed by atoms with Gasteiger partial charge in [0.25, 0.3) is 0 Å². The molecule has 1 saturated carbocycles. The van der Waals surface area contributed by atoms with Gasteiger partial charge in [-0.3, -0.25) is 0 Å². The van der Waals surface area contributed by atoms with Crippen LogP contribution >= 0.6 is 0 Å². The van der Waals surface area contributed by atoms with Crippen LogP contribution in [0.2, 0.25) is 0 Å². The maximum absolute atomic E-state index is 13.1. The van der Waals surface area contributed by atoms with Crippen LogP contribution in [0.1, 0.15) is 18.4 Å². The molecule has 0 aliphatic heterocycles. The number of rotatable bonds is 1. The van der Waals surface area contributed by atoms with E-state index in [0.717, 1.165) is 0 Å². The lowest BCUT2D eigenvalue weighted by atomic mass is 10.0. The highest BCUT2D eigenvalue weighted by molar-refractivity contribution is 5.32. The second-order valence-electron chi connectivity index (χ2n) is 3.50. The molecule has 0 atom stereocenters. The van der Waals surface area contributed by atoms with E-state index < -0.39 is 28.8 Å². The normalized spacial score (nSPS) is 18.4. The van der Waals surface area contributed by atoms with Gasteiger partial charge < -0.3 is 5.73 Å². The summed E-state index contributed by atoms with van der Waals surface area (Å²) in [6.45, 7) is 0. The van der Waals surface area contributed by atoms with Crippen molar-refractivity contribution >= 4 is 0 Å². The number of hydrogen-bond donors (Lipinski definition) is 1. The second kappa shape index (κ2) is 2.70. The molecule has 76 valence electrons. The highest BCUT2D eigenvalue weighted by Crippen LogP contribution is 2.44. The Balaban J connectivity index is 2.62. The Morgan fingerprint density at radius 2 is 1.57 bits per heavy atom. The molecule has 0 heterocycles. The van der Waals surface area contributed by atoms with E-state index in [1.807, 2.05) is 0 Å². The van der Waals surface area contributed by atoms with Gasteiger partial charge >= 0.3 is 0 Å². The molecule has 0 saturated heterocycles. The average Bonchev–Trinajstić information content (AvgIpc) is 2.87. The Kier molecular flexibility index (Phi) is 1.82. The predicted molar refractivity (Wildman–Crippen MR) is 41.4 cm³/mol. The van der Waals surface area contributed by atoms with Gasteiger partial charge in [-0.1, -0.05) is 0 Å². The molecule has 0 aromatic heterocycles. The van der Waals surface area contributed by atoms with Crippen LogP contribution in [0.15, 0.2) is 6.07 Å². The first kappa shape index (κ1) is 9.45. The van der Waals surface area contributed by atoms with Crippen molar-refractivity contribution in [3.05, 3.63) is 34.9 Å². The fourth-order valence-electron chi connectivity index (χ4n) is 1.34. The minimum absolute atomic E-state index is 0.283. The second-order valence-corrected chi connectivity index (χ2v) is 3.50. The maximum atomic E-state index is 13.1. The number of benzene rings is 1. The van der Waals surface area contributed by atoms with Crippen molar-refractivity contribution in [2.24, 2.45) is 5.73 Å². The summed E-state index contributed by atoms with van der Waals surface area (Å²) in [5.74, 6) is -6.38. The first-order chi connectivity index (χ1) is 6.46. The summed E-state index contributed by atoms with van der Waals surface area (Å²) in [6, 6.07) is 0.626. The molecule has 1 nitrogen and oxygen atoms in total. The summed E-state index contributed by atoms with van der Waals surface area (Å²) < 4.78 is 51.2. The zero-order chi connectivity index (χ0) is 10.5. The zero-order valence-corrected chi connectivity index (χ0v) is 7.08. The lowest BCUT2D eigenvalue weighted by Crippen LogP contribution is -2.22. The van der Waals surface area contributed by atoms with Gasteiger partial charge in [0, 0.05) is 11.1 Å². The van der Waals surface area contributed by atoms with Crippen LogP contribution in [0, 0.1) is 23.3 Å². The Bertz CT molecular complexity index is 398. The summed E-state index contributed by atoms with van der Waals surface area (Å²) >= 11 is 0. The molecule has 2 N–H and O–H groups in total. The predicted octanol–water partition coefficient (Wildman–Crippen LogP) is 2.19. The fraction of sp³-hybridized carbons (Fsp3) is 0.333. The highest BCUT2D eigenvalue weighted by atomic mass is 19.2. The Morgan fingerprint density at radius 1 is 1.00 bits per heavy atom. The summed E-state index contributed by atoms with van der Waals surface area (Å²) in [6.07, 6.45) is 0.906. The molecular formula is C9H7F4N. The van der Waals surface area contributed by atoms with Crippen molar-refractivity contribution in [2.45, 2.75) is 18.4 Å². The third-order valence-corrected chi connectivity index (χ3v) is 2.43. The first-order valence-corrected chi connectivity index (χ1v) is 4.08. The van der Waals surface area contributed by atoms with Crippen LogP contribution in [-0.2, 0) is 5.54 Å². The Labute approximate surface area is 77.5 Å². The van der Waals surface area contributed by atoms with Gasteiger partial charge in [0.2, 0.25) is 0 Å². The van der Waals surface area contributed by atoms with Crippen molar-refractivity contribution in [1.29, 1.82) is 0 Å². The molecule has 0 spiro atoms. The minimum Gasteiger partial charge on any atom is -0.321 e. The molecule has 0 unspecified atom stereocenters. The highest BCUT2D eigenvalue weighted by Gasteiger charge is 2.43. The van der Waals surface area contributed by atoms with Crippen LogP contribution in [0.4, 0.5) is 17.6 Å². The van der Waals surface area contributed by atoms with Gasteiger partial charge in [0.05, 0.1) is 0 Å². The van der Waals surface area contributed by atoms with Crippen molar-refractivity contribution in [1.82, 2.24) is 0 Å². The van der Waals surface area contributed by atoms with Gasteiger partial charge in [-0.2, -0.15) is 0 Å². The van der Waals surface area contributed by atoms with Crippen molar-refractivity contribution in [3.8, 4) is 0 Å². The van der Waals surface area contributed by atoms with Crippen LogP contribution in [0.25, 0.3) is 0 Å². The molecule has 0 bridgehead atoms. The van der Waals surface area contributed by atoms with Gasteiger partial charge in [0.15, 0.2) is 23.3 Å². The largest absolute Gasteiger partial charge is 0.321 e. The van der Waals surface area contributed by atoms with Crippen molar-refractivity contribution in [2.75, 3.05) is 0 Å². The molecule has 14 heavy (non-hydrogen) atoms.